The van der Waals surface area contributed by atoms with E-state index in [4.69, 9.17) is 5.84 Å². The lowest BCUT2D eigenvalue weighted by atomic mass is 9.92. The monoisotopic (exact) mass is 212 g/mol. The smallest absolute Gasteiger partial charge is 0.257 e. The lowest BCUT2D eigenvalue weighted by Gasteiger charge is -2.14. The zero-order valence-electron chi connectivity index (χ0n) is 9.19. The third-order valence-electron chi connectivity index (χ3n) is 1.63. The Balaban J connectivity index is 2.60. The summed E-state index contributed by atoms with van der Waals surface area (Å²) in [6.07, 6.45) is 0.719. The van der Waals surface area contributed by atoms with E-state index in [0.29, 0.717) is 5.82 Å². The van der Waals surface area contributed by atoms with Gasteiger partial charge in [0.2, 0.25) is 0 Å². The standard InChI is InChI=1S/C8H16N6O/c1-8(2,3)4-6-11-13-14(12-6)5-7(15)10-9/h4-5,9H2,1-3H3,(H,10,15). The van der Waals surface area contributed by atoms with E-state index in [1.807, 2.05) is 5.43 Å². The van der Waals surface area contributed by atoms with Crippen LogP contribution in [0.1, 0.15) is 26.6 Å². The average molecular weight is 212 g/mol. The van der Waals surface area contributed by atoms with Crippen LogP contribution in [-0.4, -0.2) is 26.1 Å². The largest absolute Gasteiger partial charge is 0.293 e. The molecule has 1 heterocycles. The zero-order chi connectivity index (χ0) is 11.5. The maximum Gasteiger partial charge on any atom is 0.257 e. The number of carbonyl (C=O) groups is 1. The second-order valence-electron chi connectivity index (χ2n) is 4.54. The quantitative estimate of drug-likeness (QED) is 0.390. The topological polar surface area (TPSA) is 98.7 Å². The number of carbonyl (C=O) groups excluding carboxylic acids is 1. The van der Waals surface area contributed by atoms with Crippen molar-refractivity contribution in [1.29, 1.82) is 0 Å². The summed E-state index contributed by atoms with van der Waals surface area (Å²) in [7, 11) is 0. The van der Waals surface area contributed by atoms with Crippen LogP contribution in [0.2, 0.25) is 0 Å². The molecule has 1 aromatic heterocycles. The van der Waals surface area contributed by atoms with E-state index in [1.165, 1.54) is 4.80 Å². The number of aromatic nitrogens is 4. The van der Waals surface area contributed by atoms with Gasteiger partial charge in [-0.15, -0.1) is 10.2 Å². The van der Waals surface area contributed by atoms with Gasteiger partial charge in [-0.1, -0.05) is 20.8 Å². The highest BCUT2D eigenvalue weighted by Crippen LogP contribution is 2.17. The fourth-order valence-electron chi connectivity index (χ4n) is 1.06. The number of nitrogens with one attached hydrogen (secondary N) is 1. The van der Waals surface area contributed by atoms with Gasteiger partial charge in [-0.25, -0.2) is 5.84 Å². The van der Waals surface area contributed by atoms with Gasteiger partial charge < -0.3 is 0 Å². The molecular weight excluding hydrogens is 196 g/mol. The number of rotatable bonds is 3. The summed E-state index contributed by atoms with van der Waals surface area (Å²) in [6.45, 7) is 6.24. The second kappa shape index (κ2) is 4.35. The molecule has 0 aromatic carbocycles. The van der Waals surface area contributed by atoms with Crippen molar-refractivity contribution < 1.29 is 4.79 Å². The summed E-state index contributed by atoms with van der Waals surface area (Å²) in [5.41, 5.74) is 2.10. The van der Waals surface area contributed by atoms with Crippen molar-refractivity contribution >= 4 is 5.91 Å². The third kappa shape index (κ3) is 4.03. The number of amides is 1. The highest BCUT2D eigenvalue weighted by molar-refractivity contribution is 5.74. The Kier molecular flexibility index (Phi) is 3.35. The maximum atomic E-state index is 10.9. The molecular formula is C8H16N6O. The Morgan fingerprint density at radius 2 is 2.20 bits per heavy atom. The number of hydrazine groups is 1. The van der Waals surface area contributed by atoms with Crippen molar-refractivity contribution in [3.8, 4) is 0 Å². The van der Waals surface area contributed by atoms with Crippen LogP contribution in [0.4, 0.5) is 0 Å². The Labute approximate surface area is 88.0 Å². The third-order valence-corrected chi connectivity index (χ3v) is 1.63. The molecule has 3 N–H and O–H groups in total. The minimum Gasteiger partial charge on any atom is -0.293 e. The number of nitrogens with two attached hydrogens (primary N) is 1. The van der Waals surface area contributed by atoms with Crippen LogP contribution >= 0.6 is 0 Å². The fraction of sp³-hybridized carbons (Fsp3) is 0.750. The first-order valence-corrected chi connectivity index (χ1v) is 4.67. The Hall–Kier alpha value is -1.50. The minimum atomic E-state index is -0.352. The summed E-state index contributed by atoms with van der Waals surface area (Å²) in [5.74, 6) is 5.22. The molecule has 0 aliphatic rings. The van der Waals surface area contributed by atoms with E-state index in [-0.39, 0.29) is 17.9 Å². The van der Waals surface area contributed by atoms with E-state index < -0.39 is 0 Å². The van der Waals surface area contributed by atoms with Gasteiger partial charge in [0.1, 0.15) is 6.54 Å². The van der Waals surface area contributed by atoms with Crippen molar-refractivity contribution in [3.63, 3.8) is 0 Å². The molecule has 84 valence electrons. The molecule has 0 aliphatic heterocycles. The maximum absolute atomic E-state index is 10.9. The molecule has 0 spiro atoms. The van der Waals surface area contributed by atoms with Crippen LogP contribution in [-0.2, 0) is 17.8 Å². The van der Waals surface area contributed by atoms with Crippen LogP contribution < -0.4 is 11.3 Å². The molecule has 0 bridgehead atoms. The van der Waals surface area contributed by atoms with E-state index >= 15 is 0 Å². The average Bonchev–Trinajstić information content (AvgIpc) is 2.49. The normalized spacial score (nSPS) is 11.5. The number of nitrogens with zero attached hydrogens (tertiary/aromatic N) is 4. The highest BCUT2D eigenvalue weighted by Gasteiger charge is 2.15. The Morgan fingerprint density at radius 1 is 1.53 bits per heavy atom. The van der Waals surface area contributed by atoms with E-state index in [1.54, 1.807) is 0 Å². The lowest BCUT2D eigenvalue weighted by Crippen LogP contribution is -2.33. The molecule has 0 atom stereocenters. The van der Waals surface area contributed by atoms with Crippen molar-refractivity contribution in [3.05, 3.63) is 5.82 Å². The fourth-order valence-corrected chi connectivity index (χ4v) is 1.06. The lowest BCUT2D eigenvalue weighted by molar-refractivity contribution is -0.122. The molecule has 0 unspecified atom stereocenters. The summed E-state index contributed by atoms with van der Waals surface area (Å²) < 4.78 is 0. The first kappa shape index (κ1) is 11.6. The van der Waals surface area contributed by atoms with Gasteiger partial charge in [-0.2, -0.15) is 4.80 Å². The van der Waals surface area contributed by atoms with Crippen LogP contribution in [0.5, 0.6) is 0 Å². The Morgan fingerprint density at radius 3 is 2.73 bits per heavy atom. The van der Waals surface area contributed by atoms with E-state index in [0.717, 1.165) is 6.42 Å². The van der Waals surface area contributed by atoms with Crippen molar-refractivity contribution in [2.75, 3.05) is 0 Å². The highest BCUT2D eigenvalue weighted by atomic mass is 16.2. The molecule has 0 radical (unpaired) electrons. The molecule has 1 amide bonds. The molecule has 0 aliphatic carbocycles. The first-order valence-electron chi connectivity index (χ1n) is 4.67. The molecule has 0 saturated carbocycles. The van der Waals surface area contributed by atoms with Gasteiger partial charge in [0.25, 0.3) is 5.91 Å². The van der Waals surface area contributed by atoms with Gasteiger partial charge in [0.05, 0.1) is 0 Å². The van der Waals surface area contributed by atoms with Crippen LogP contribution in [0.25, 0.3) is 0 Å². The minimum absolute atomic E-state index is 0.00631. The predicted molar refractivity (Wildman–Crippen MR) is 53.3 cm³/mol. The van der Waals surface area contributed by atoms with Gasteiger partial charge in [0, 0.05) is 6.42 Å². The van der Waals surface area contributed by atoms with Crippen molar-refractivity contribution in [1.82, 2.24) is 25.6 Å². The molecule has 15 heavy (non-hydrogen) atoms. The van der Waals surface area contributed by atoms with Gasteiger partial charge in [-0.05, 0) is 10.6 Å². The van der Waals surface area contributed by atoms with E-state index in [9.17, 15) is 4.79 Å². The van der Waals surface area contributed by atoms with Crippen LogP contribution in [0.15, 0.2) is 0 Å². The molecule has 1 rings (SSSR count). The number of hydrogen-bond donors (Lipinski definition) is 2. The molecule has 7 nitrogen and oxygen atoms in total. The summed E-state index contributed by atoms with van der Waals surface area (Å²) in [6, 6.07) is 0. The van der Waals surface area contributed by atoms with Gasteiger partial charge in [0.15, 0.2) is 5.82 Å². The SMILES string of the molecule is CC(C)(C)Cc1nnn(CC(=O)NN)n1. The second-order valence-corrected chi connectivity index (χ2v) is 4.54. The first-order chi connectivity index (χ1) is 6.90. The molecule has 7 heteroatoms. The number of tetrazole rings is 1. The van der Waals surface area contributed by atoms with Crippen molar-refractivity contribution in [2.24, 2.45) is 11.3 Å². The van der Waals surface area contributed by atoms with Gasteiger partial charge >= 0.3 is 0 Å². The Bertz CT molecular complexity index is 339. The summed E-state index contributed by atoms with van der Waals surface area (Å²) >= 11 is 0. The zero-order valence-corrected chi connectivity index (χ0v) is 9.19. The summed E-state index contributed by atoms with van der Waals surface area (Å²) in [5, 5.41) is 11.7. The van der Waals surface area contributed by atoms with E-state index in [2.05, 4.69) is 36.2 Å². The molecule has 1 aromatic rings. The van der Waals surface area contributed by atoms with Crippen molar-refractivity contribution in [2.45, 2.75) is 33.7 Å². The van der Waals surface area contributed by atoms with Crippen LogP contribution in [0, 0.1) is 5.41 Å². The summed E-state index contributed by atoms with van der Waals surface area (Å²) in [4.78, 5) is 12.1. The molecule has 0 fully saturated rings. The van der Waals surface area contributed by atoms with Crippen LogP contribution in [0.3, 0.4) is 0 Å². The van der Waals surface area contributed by atoms with Gasteiger partial charge in [-0.3, -0.25) is 10.2 Å². The number of hydrogen-bond acceptors (Lipinski definition) is 5. The molecule has 0 saturated heterocycles. The predicted octanol–water partition coefficient (Wildman–Crippen LogP) is -0.748.